The first kappa shape index (κ1) is 23.9. The summed E-state index contributed by atoms with van der Waals surface area (Å²) in [6.45, 7) is 7.35. The highest BCUT2D eigenvalue weighted by Crippen LogP contribution is 2.17. The van der Waals surface area contributed by atoms with Crippen LogP contribution in [0, 0.1) is 10.1 Å². The van der Waals surface area contributed by atoms with Crippen molar-refractivity contribution in [2.75, 3.05) is 31.5 Å². The van der Waals surface area contributed by atoms with E-state index in [9.17, 15) is 19.7 Å². The number of carbonyl (C=O) groups excluding carboxylic acids is 2. The third-order valence-electron chi connectivity index (χ3n) is 4.59. The van der Waals surface area contributed by atoms with Crippen LogP contribution in [0.1, 0.15) is 34.6 Å². The summed E-state index contributed by atoms with van der Waals surface area (Å²) in [5.74, 6) is -0.861. The van der Waals surface area contributed by atoms with E-state index in [1.54, 1.807) is 24.3 Å². The molecular weight excluding hydrogens is 418 g/mol. The van der Waals surface area contributed by atoms with Gasteiger partial charge in [0.05, 0.1) is 4.92 Å². The number of rotatable bonds is 9. The summed E-state index contributed by atoms with van der Waals surface area (Å²) < 4.78 is 0. The second-order valence-electron chi connectivity index (χ2n) is 6.54. The number of hydrogen-bond acceptors (Lipinski definition) is 6. The van der Waals surface area contributed by atoms with E-state index in [1.165, 1.54) is 24.3 Å². The second kappa shape index (κ2) is 11.7. The summed E-state index contributed by atoms with van der Waals surface area (Å²) in [5.41, 5.74) is 0.667. The number of nitrogens with one attached hydrogen (secondary N) is 3. The van der Waals surface area contributed by atoms with Gasteiger partial charge in [-0.15, -0.1) is 0 Å². The van der Waals surface area contributed by atoms with Gasteiger partial charge < -0.3 is 15.5 Å². The van der Waals surface area contributed by atoms with Gasteiger partial charge in [-0.1, -0.05) is 26.0 Å². The molecule has 31 heavy (non-hydrogen) atoms. The number of nitro groups is 1. The standard InChI is InChI=1S/C21H25N5O4S/c1-3-25(4-2)14-13-22-19(27)15-9-11-16(12-10-15)23-21(31)24-20(28)17-7-5-6-8-18(17)26(29)30/h5-12H,3-4,13-14H2,1-2H3,(H,22,27)(H2,23,24,28,31). The molecule has 0 radical (unpaired) electrons. The van der Waals surface area contributed by atoms with Gasteiger partial charge >= 0.3 is 0 Å². The van der Waals surface area contributed by atoms with Crippen molar-refractivity contribution >= 4 is 40.5 Å². The number of nitro benzene ring substituents is 1. The average Bonchev–Trinajstić information content (AvgIpc) is 2.77. The zero-order valence-electron chi connectivity index (χ0n) is 17.4. The predicted molar refractivity (Wildman–Crippen MR) is 123 cm³/mol. The van der Waals surface area contributed by atoms with E-state index in [0.717, 1.165) is 19.6 Å². The summed E-state index contributed by atoms with van der Waals surface area (Å²) in [5, 5.41) is 19.2. The zero-order chi connectivity index (χ0) is 22.8. The molecule has 2 rings (SSSR count). The third-order valence-corrected chi connectivity index (χ3v) is 4.79. The maximum Gasteiger partial charge on any atom is 0.282 e. The molecular formula is C21H25N5O4S. The van der Waals surface area contributed by atoms with Crippen molar-refractivity contribution in [3.8, 4) is 0 Å². The molecule has 0 aliphatic carbocycles. The molecule has 0 aromatic heterocycles. The molecule has 0 aliphatic rings. The van der Waals surface area contributed by atoms with Crippen molar-refractivity contribution in [2.24, 2.45) is 0 Å². The highest BCUT2D eigenvalue weighted by Gasteiger charge is 2.19. The Morgan fingerprint density at radius 2 is 1.68 bits per heavy atom. The Labute approximate surface area is 186 Å². The zero-order valence-corrected chi connectivity index (χ0v) is 18.2. The lowest BCUT2D eigenvalue weighted by Gasteiger charge is -2.18. The van der Waals surface area contributed by atoms with E-state index in [0.29, 0.717) is 17.8 Å². The topological polar surface area (TPSA) is 117 Å². The van der Waals surface area contributed by atoms with Crippen LogP contribution in [0.5, 0.6) is 0 Å². The minimum absolute atomic E-state index is 0.0143. The Kier molecular flexibility index (Phi) is 9.04. The van der Waals surface area contributed by atoms with Crippen LogP contribution in [0.2, 0.25) is 0 Å². The number of hydrogen-bond donors (Lipinski definition) is 3. The molecule has 0 atom stereocenters. The number of benzene rings is 2. The summed E-state index contributed by atoms with van der Waals surface area (Å²) in [6, 6.07) is 12.2. The lowest BCUT2D eigenvalue weighted by Crippen LogP contribution is -2.35. The highest BCUT2D eigenvalue weighted by molar-refractivity contribution is 7.80. The molecule has 0 aliphatic heterocycles. The third kappa shape index (κ3) is 7.12. The Morgan fingerprint density at radius 3 is 2.29 bits per heavy atom. The van der Waals surface area contributed by atoms with Gasteiger partial charge in [0, 0.05) is 30.4 Å². The molecule has 3 N–H and O–H groups in total. The Bertz CT molecular complexity index is 945. The number of thiocarbonyl (C=S) groups is 1. The maximum absolute atomic E-state index is 12.3. The number of para-hydroxylation sites is 1. The van der Waals surface area contributed by atoms with Crippen LogP contribution in [0.15, 0.2) is 48.5 Å². The lowest BCUT2D eigenvalue weighted by molar-refractivity contribution is -0.385. The quantitative estimate of drug-likeness (QED) is 0.310. The van der Waals surface area contributed by atoms with E-state index >= 15 is 0 Å². The van der Waals surface area contributed by atoms with Crippen molar-refractivity contribution in [2.45, 2.75) is 13.8 Å². The second-order valence-corrected chi connectivity index (χ2v) is 6.95. The fraction of sp³-hybridized carbons (Fsp3) is 0.286. The summed E-state index contributed by atoms with van der Waals surface area (Å²) in [4.78, 5) is 37.2. The van der Waals surface area contributed by atoms with Crippen molar-refractivity contribution in [1.82, 2.24) is 15.5 Å². The monoisotopic (exact) mass is 443 g/mol. The minimum atomic E-state index is -0.686. The van der Waals surface area contributed by atoms with Crippen molar-refractivity contribution in [3.63, 3.8) is 0 Å². The first-order valence-corrected chi connectivity index (χ1v) is 10.2. The van der Waals surface area contributed by atoms with E-state index in [1.807, 2.05) is 0 Å². The molecule has 2 amide bonds. The normalized spacial score (nSPS) is 10.4. The summed E-state index contributed by atoms with van der Waals surface area (Å²) in [6.07, 6.45) is 0. The molecule has 9 nitrogen and oxygen atoms in total. The van der Waals surface area contributed by atoms with Gasteiger partial charge in [-0.05, 0) is 55.6 Å². The van der Waals surface area contributed by atoms with Crippen LogP contribution in [0.25, 0.3) is 0 Å². The van der Waals surface area contributed by atoms with Crippen LogP contribution in [-0.2, 0) is 0 Å². The van der Waals surface area contributed by atoms with E-state index in [-0.39, 0.29) is 22.3 Å². The van der Waals surface area contributed by atoms with Crippen LogP contribution >= 0.6 is 12.2 Å². The Morgan fingerprint density at radius 1 is 1.03 bits per heavy atom. The Balaban J connectivity index is 1.90. The molecule has 0 bridgehead atoms. The SMILES string of the molecule is CCN(CC)CCNC(=O)c1ccc(NC(=S)NC(=O)c2ccccc2[N+](=O)[O-])cc1. The molecule has 2 aromatic carbocycles. The summed E-state index contributed by atoms with van der Waals surface area (Å²) in [7, 11) is 0. The number of likely N-dealkylation sites (N-methyl/N-ethyl adjacent to an activating group) is 1. The van der Waals surface area contributed by atoms with Gasteiger partial charge in [0.15, 0.2) is 5.11 Å². The van der Waals surface area contributed by atoms with Gasteiger partial charge in [0.2, 0.25) is 0 Å². The van der Waals surface area contributed by atoms with Crippen LogP contribution in [0.4, 0.5) is 11.4 Å². The molecule has 0 saturated heterocycles. The van der Waals surface area contributed by atoms with Crippen molar-refractivity contribution in [1.29, 1.82) is 0 Å². The lowest BCUT2D eigenvalue weighted by atomic mass is 10.1. The molecule has 0 spiro atoms. The predicted octanol–water partition coefficient (Wildman–Crippen LogP) is 2.79. The molecule has 0 unspecified atom stereocenters. The van der Waals surface area contributed by atoms with Crippen LogP contribution in [-0.4, -0.2) is 52.9 Å². The smallest absolute Gasteiger partial charge is 0.282 e. The van der Waals surface area contributed by atoms with Gasteiger partial charge in [0.25, 0.3) is 17.5 Å². The largest absolute Gasteiger partial charge is 0.351 e. The minimum Gasteiger partial charge on any atom is -0.351 e. The van der Waals surface area contributed by atoms with Crippen LogP contribution < -0.4 is 16.0 Å². The van der Waals surface area contributed by atoms with Gasteiger partial charge in [-0.25, -0.2) is 0 Å². The Hall–Kier alpha value is -3.37. The van der Waals surface area contributed by atoms with Gasteiger partial charge in [0.1, 0.15) is 5.56 Å². The molecule has 10 heteroatoms. The summed E-state index contributed by atoms with van der Waals surface area (Å²) >= 11 is 5.11. The number of anilines is 1. The number of carbonyl (C=O) groups is 2. The average molecular weight is 444 g/mol. The number of nitrogens with zero attached hydrogens (tertiary/aromatic N) is 2. The van der Waals surface area contributed by atoms with E-state index in [4.69, 9.17) is 12.2 Å². The van der Waals surface area contributed by atoms with Crippen LogP contribution in [0.3, 0.4) is 0 Å². The molecule has 0 heterocycles. The molecule has 0 saturated carbocycles. The molecule has 164 valence electrons. The first-order valence-electron chi connectivity index (χ1n) is 9.82. The molecule has 0 fully saturated rings. The van der Waals surface area contributed by atoms with Crippen molar-refractivity contribution in [3.05, 3.63) is 69.8 Å². The molecule has 2 aromatic rings. The van der Waals surface area contributed by atoms with Gasteiger partial charge in [-0.3, -0.25) is 25.0 Å². The fourth-order valence-electron chi connectivity index (χ4n) is 2.83. The maximum atomic E-state index is 12.3. The van der Waals surface area contributed by atoms with Crippen molar-refractivity contribution < 1.29 is 14.5 Å². The number of amides is 2. The highest BCUT2D eigenvalue weighted by atomic mass is 32.1. The van der Waals surface area contributed by atoms with Gasteiger partial charge in [-0.2, -0.15) is 0 Å². The van der Waals surface area contributed by atoms with E-state index < -0.39 is 10.8 Å². The first-order chi connectivity index (χ1) is 14.8. The van der Waals surface area contributed by atoms with E-state index in [2.05, 4.69) is 34.7 Å². The fourth-order valence-corrected chi connectivity index (χ4v) is 3.04.